The van der Waals surface area contributed by atoms with Gasteiger partial charge in [0.2, 0.25) is 5.91 Å². The van der Waals surface area contributed by atoms with Gasteiger partial charge in [0.1, 0.15) is 0 Å². The van der Waals surface area contributed by atoms with E-state index < -0.39 is 50.7 Å². The van der Waals surface area contributed by atoms with E-state index in [-0.39, 0.29) is 67.2 Å². The van der Waals surface area contributed by atoms with Gasteiger partial charge in [-0.1, -0.05) is 48.6 Å². The number of primary amides is 1. The SMILES string of the molecule is Cn1cc(-c2cc(S(C)(=O)=O)ccc2N2CCC3(CC2)CC3(F)F)c2c(c1=O)CC=C2.Cn1cc(-c2cc(S(C)(=O)=O)ccc2N2CCC3(CC2)CC3C(N)=O)c2c(c1=O)CC=C2.Cn1cc(-c2cc(S(C)(=O)=O)ccc2N2CCC3(CC2)CC3CO)c2c(c1=O)CC=C2.Cn1cc(-c2cc(S(C)(=O)=O)ccc2N2CCC3(CC2)COC3)c2c(c1=O)CC=C2. The number of carbonyl (C=O) groups is 1. The fourth-order valence-electron chi connectivity index (χ4n) is 20.8. The summed E-state index contributed by atoms with van der Waals surface area (Å²) < 4.78 is 138. The number of carbonyl (C=O) groups excluding carboxylic acids is 1. The first-order valence-corrected chi connectivity index (χ1v) is 50.0. The van der Waals surface area contributed by atoms with Crippen LogP contribution in [0, 0.1) is 33.5 Å². The second kappa shape index (κ2) is 31.5. The smallest absolute Gasteiger partial charge is 0.254 e. The number of rotatable bonds is 14. The van der Waals surface area contributed by atoms with Crippen molar-refractivity contribution >= 4 is 92.3 Å². The standard InChI is InChI=1S/C24H27N3O4S.C24H28N2O4S.C23H24F2N2O3S.C23H26N2O4S/c1-26-14-19(16-4-3-5-17(16)23(26)29)18-12-15(32(2,30)31)6-7-21(18)27-10-8-24(9-11-27)13-20(24)22(25)28;1-25-14-21(18-4-3-5-19(18)23(25)28)20-12-17(31(2,29)30)6-7-22(20)26-10-8-24(9-11-26)13-16(24)15-27;1-26-13-19(16-4-3-5-17(16)21(26)28)18-12-15(31(2,29)30)6-7-20(18)27-10-8-22(9-11-27)14-23(22,24)25;1-24-13-20(17-4-3-5-18(17)22(24)26)19-12-16(30(2,27)28)6-7-21(19)25-10-8-23(9-11-25)14-29-15-23/h3-4,6-7,12,14,20H,5,8-11,13H2,1-2H3,(H2,25,28);3-4,6-7,12,14,16,27H,5,8-11,13,15H2,1-2H3;3-4,6-7,12-13H,5,8-11,14H2,1-2H3;3-4,6-7,12-13H,5,8-11,14-15H2,1-2H3. The number of hydrogen-bond acceptors (Lipinski definition) is 19. The molecule has 3 N–H and O–H groups in total. The molecule has 8 aromatic rings. The normalized spacial score (nSPS) is 20.8. The molecule has 654 valence electrons. The minimum Gasteiger partial charge on any atom is -0.396 e. The van der Waals surface area contributed by atoms with Crippen LogP contribution in [-0.2, 0) is 103 Å². The molecule has 0 radical (unpaired) electrons. The maximum absolute atomic E-state index is 13.8. The van der Waals surface area contributed by atoms with Crippen molar-refractivity contribution in [1.29, 1.82) is 0 Å². The molecular formula is C94H105F2N9O15S4. The number of nitrogens with two attached hydrogens (primary N) is 1. The minimum atomic E-state index is -3.44. The lowest BCUT2D eigenvalue weighted by Gasteiger charge is -2.48. The number of aliphatic hydroxyl groups is 1. The van der Waals surface area contributed by atoms with Crippen LogP contribution in [0.4, 0.5) is 31.5 Å². The molecule has 2 atom stereocenters. The van der Waals surface area contributed by atoms with Gasteiger partial charge in [-0.05, 0) is 202 Å². The molecule has 4 spiro atoms. The number of fused-ring (bicyclic) bond motifs is 4. The van der Waals surface area contributed by atoms with Crippen LogP contribution in [0.5, 0.6) is 0 Å². The third-order valence-electron chi connectivity index (χ3n) is 28.8. The number of ether oxygens (including phenoxy) is 1. The summed E-state index contributed by atoms with van der Waals surface area (Å²) in [5.74, 6) is -2.36. The van der Waals surface area contributed by atoms with Crippen molar-refractivity contribution in [2.45, 2.75) is 122 Å². The zero-order chi connectivity index (χ0) is 88.1. The van der Waals surface area contributed by atoms with Crippen LogP contribution < -0.4 is 47.6 Å². The average Bonchev–Trinajstić information content (AvgIpc) is 1.55. The van der Waals surface area contributed by atoms with Crippen LogP contribution in [-0.4, -0.2) is 166 Å². The van der Waals surface area contributed by atoms with E-state index in [1.807, 2.05) is 79.2 Å². The monoisotopic (exact) mass is 1770 g/mol. The Labute approximate surface area is 721 Å². The number of alkyl halides is 2. The summed E-state index contributed by atoms with van der Waals surface area (Å²) in [4.78, 5) is 72.0. The zero-order valence-corrected chi connectivity index (χ0v) is 74.4. The second-order valence-corrected chi connectivity index (χ2v) is 44.8. The number of aromatic nitrogens is 4. The first kappa shape index (κ1) is 86.0. The van der Waals surface area contributed by atoms with E-state index in [0.29, 0.717) is 84.4 Å². The highest BCUT2D eigenvalue weighted by Gasteiger charge is 2.70. The summed E-state index contributed by atoms with van der Waals surface area (Å²) in [7, 11) is -6.63. The Balaban J connectivity index is 0.000000117. The minimum absolute atomic E-state index is 0.00413. The van der Waals surface area contributed by atoms with E-state index in [1.165, 1.54) is 23.3 Å². The molecule has 24 nitrogen and oxygen atoms in total. The van der Waals surface area contributed by atoms with E-state index >= 15 is 0 Å². The van der Waals surface area contributed by atoms with Crippen molar-refractivity contribution in [2.75, 3.05) is 117 Å². The van der Waals surface area contributed by atoms with Crippen molar-refractivity contribution in [1.82, 2.24) is 18.3 Å². The van der Waals surface area contributed by atoms with Crippen molar-refractivity contribution in [3.63, 3.8) is 0 Å². The molecule has 30 heteroatoms. The topological polar surface area (TPSA) is 310 Å². The number of anilines is 4. The van der Waals surface area contributed by atoms with Gasteiger partial charge >= 0.3 is 0 Å². The number of hydrogen-bond donors (Lipinski definition) is 2. The van der Waals surface area contributed by atoms with Gasteiger partial charge in [0, 0.05) is 250 Å². The first-order chi connectivity index (χ1) is 58.6. The lowest BCUT2D eigenvalue weighted by atomic mass is 9.76. The first-order valence-electron chi connectivity index (χ1n) is 42.4. The van der Waals surface area contributed by atoms with Gasteiger partial charge in [-0.15, -0.1) is 0 Å². The predicted octanol–water partition coefficient (Wildman–Crippen LogP) is 11.0. The average molecular weight is 1770 g/mol. The maximum atomic E-state index is 13.8. The Hall–Kier alpha value is -10.1. The number of sulfone groups is 4. The Morgan fingerprint density at radius 3 is 0.927 bits per heavy atom. The molecule has 9 heterocycles. The molecule has 0 bridgehead atoms. The zero-order valence-electron chi connectivity index (χ0n) is 71.1. The molecule has 3 saturated carbocycles. The van der Waals surface area contributed by atoms with Crippen LogP contribution in [0.1, 0.15) is 115 Å². The van der Waals surface area contributed by atoms with Crippen LogP contribution in [0.25, 0.3) is 68.8 Å². The number of nitrogens with zero attached hydrogens (tertiary/aromatic N) is 8. The number of halogens is 2. The van der Waals surface area contributed by atoms with Gasteiger partial charge in [-0.2, -0.15) is 0 Å². The molecule has 7 aliphatic carbocycles. The molecule has 12 aliphatic rings. The Morgan fingerprint density at radius 2 is 0.694 bits per heavy atom. The molecule has 8 fully saturated rings. The van der Waals surface area contributed by atoms with Gasteiger partial charge in [0.15, 0.2) is 39.3 Å². The number of amides is 1. The lowest BCUT2D eigenvalue weighted by Crippen LogP contribution is -2.51. The van der Waals surface area contributed by atoms with Gasteiger partial charge in [-0.3, -0.25) is 24.0 Å². The van der Waals surface area contributed by atoms with Crippen molar-refractivity contribution in [3.8, 4) is 44.5 Å². The summed E-state index contributed by atoms with van der Waals surface area (Å²) in [6, 6.07) is 21.0. The maximum Gasteiger partial charge on any atom is 0.254 e. The quantitative estimate of drug-likeness (QED) is 0.102. The Bertz CT molecular complexity index is 6680. The number of allylic oxidation sites excluding steroid dienone is 4. The van der Waals surface area contributed by atoms with Crippen LogP contribution in [0.3, 0.4) is 0 Å². The third-order valence-corrected chi connectivity index (χ3v) is 33.2. The summed E-state index contributed by atoms with van der Waals surface area (Å²) in [5, 5.41) is 9.54. The van der Waals surface area contributed by atoms with Crippen LogP contribution in [0.2, 0.25) is 0 Å². The third kappa shape index (κ3) is 15.8. The molecule has 5 aliphatic heterocycles. The Kier molecular flexibility index (Phi) is 21.8. The van der Waals surface area contributed by atoms with Gasteiger partial charge in [0.05, 0.1) is 32.8 Å². The summed E-state index contributed by atoms with van der Waals surface area (Å²) in [6.45, 7) is 8.09. The highest BCUT2D eigenvalue weighted by molar-refractivity contribution is 7.91. The number of aryl methyl sites for hydroxylation is 4. The molecule has 20 rings (SSSR count). The predicted molar refractivity (Wildman–Crippen MR) is 480 cm³/mol. The van der Waals surface area contributed by atoms with E-state index in [0.717, 1.165) is 211 Å². The molecule has 2 unspecified atom stereocenters. The van der Waals surface area contributed by atoms with E-state index in [1.54, 1.807) is 109 Å². The number of pyridine rings is 4. The van der Waals surface area contributed by atoms with E-state index in [4.69, 9.17) is 10.5 Å². The molecule has 4 aromatic heterocycles. The molecular weight excluding hydrogens is 1660 g/mol. The molecule has 1 amide bonds. The summed E-state index contributed by atoms with van der Waals surface area (Å²) in [6.07, 6.45) is 38.9. The van der Waals surface area contributed by atoms with Gasteiger partial charge in [0.25, 0.3) is 28.2 Å². The van der Waals surface area contributed by atoms with Crippen LogP contribution >= 0.6 is 0 Å². The highest BCUT2D eigenvalue weighted by Crippen LogP contribution is 2.66. The number of benzene rings is 4. The fourth-order valence-corrected chi connectivity index (χ4v) is 23.4. The summed E-state index contributed by atoms with van der Waals surface area (Å²) >= 11 is 0. The van der Waals surface area contributed by atoms with Gasteiger partial charge in [-0.25, -0.2) is 42.5 Å². The number of aliphatic hydroxyl groups excluding tert-OH is 1. The molecule has 4 aromatic carbocycles. The van der Waals surface area contributed by atoms with Crippen molar-refractivity contribution < 1.29 is 57.1 Å². The van der Waals surface area contributed by atoms with Crippen LogP contribution in [0.15, 0.2) is 161 Å². The summed E-state index contributed by atoms with van der Waals surface area (Å²) in [5.41, 5.74) is 22.1. The largest absolute Gasteiger partial charge is 0.396 e. The lowest BCUT2D eigenvalue weighted by molar-refractivity contribution is -0.124. The number of piperidine rings is 4. The fraction of sp³-hybridized carbons (Fsp3) is 0.436. The molecule has 5 saturated heterocycles. The van der Waals surface area contributed by atoms with E-state index in [2.05, 4.69) is 19.6 Å². The van der Waals surface area contributed by atoms with E-state index in [9.17, 15) is 71.5 Å². The van der Waals surface area contributed by atoms with Gasteiger partial charge < -0.3 is 53.4 Å². The Morgan fingerprint density at radius 1 is 0.419 bits per heavy atom. The van der Waals surface area contributed by atoms with Crippen molar-refractivity contribution in [2.24, 2.45) is 67.4 Å². The molecule has 124 heavy (non-hydrogen) atoms. The highest BCUT2D eigenvalue weighted by atomic mass is 32.2. The van der Waals surface area contributed by atoms with Crippen molar-refractivity contribution in [3.05, 3.63) is 208 Å². The second-order valence-electron chi connectivity index (χ2n) is 36.7.